The first-order valence-corrected chi connectivity index (χ1v) is 8.42. The van der Waals surface area contributed by atoms with Crippen molar-refractivity contribution in [2.24, 2.45) is 0 Å². The molecule has 2 unspecified atom stereocenters. The quantitative estimate of drug-likeness (QED) is 0.801. The van der Waals surface area contributed by atoms with Crippen molar-refractivity contribution in [1.29, 1.82) is 0 Å². The molecular weight excluding hydrogens is 282 g/mol. The molecule has 0 spiro atoms. The molecule has 2 aromatic carbocycles. The lowest BCUT2D eigenvalue weighted by atomic mass is 9.87. The molecule has 0 aromatic heterocycles. The molecule has 0 saturated carbocycles. The number of ether oxygens (including phenoxy) is 1. The third kappa shape index (κ3) is 5.40. The molecular formula is C21H29NO. The summed E-state index contributed by atoms with van der Waals surface area (Å²) in [4.78, 5) is 0. The van der Waals surface area contributed by atoms with Crippen LogP contribution in [0.3, 0.4) is 0 Å². The van der Waals surface area contributed by atoms with Crippen LogP contribution in [0.15, 0.2) is 54.6 Å². The monoisotopic (exact) mass is 311 g/mol. The van der Waals surface area contributed by atoms with E-state index in [1.807, 2.05) is 6.07 Å². The Morgan fingerprint density at radius 2 is 1.52 bits per heavy atom. The SMILES string of the molecule is CC(CNC(C)c1ccccc1)Oc1ccc(C(C)(C)C)cc1. The number of rotatable bonds is 6. The number of hydrogen-bond donors (Lipinski definition) is 1. The van der Waals surface area contributed by atoms with Crippen molar-refractivity contribution in [2.45, 2.75) is 52.2 Å². The van der Waals surface area contributed by atoms with Gasteiger partial charge in [0.1, 0.15) is 11.9 Å². The van der Waals surface area contributed by atoms with Gasteiger partial charge < -0.3 is 10.1 Å². The van der Waals surface area contributed by atoms with E-state index in [1.165, 1.54) is 11.1 Å². The summed E-state index contributed by atoms with van der Waals surface area (Å²) in [5, 5.41) is 3.53. The normalized spacial score (nSPS) is 14.3. The fraction of sp³-hybridized carbons (Fsp3) is 0.429. The van der Waals surface area contributed by atoms with E-state index >= 15 is 0 Å². The summed E-state index contributed by atoms with van der Waals surface area (Å²) in [6, 6.07) is 19.3. The smallest absolute Gasteiger partial charge is 0.119 e. The molecule has 2 rings (SSSR count). The van der Waals surface area contributed by atoms with Gasteiger partial charge in [-0.15, -0.1) is 0 Å². The zero-order valence-electron chi connectivity index (χ0n) is 15.0. The summed E-state index contributed by atoms with van der Waals surface area (Å²) in [6.07, 6.45) is 0.127. The minimum absolute atomic E-state index is 0.127. The van der Waals surface area contributed by atoms with Gasteiger partial charge in [-0.2, -0.15) is 0 Å². The number of nitrogens with one attached hydrogen (secondary N) is 1. The van der Waals surface area contributed by atoms with Gasteiger partial charge in [-0.05, 0) is 42.5 Å². The van der Waals surface area contributed by atoms with Crippen molar-refractivity contribution in [3.63, 3.8) is 0 Å². The van der Waals surface area contributed by atoms with Gasteiger partial charge in [0.15, 0.2) is 0 Å². The standard InChI is InChI=1S/C21H29NO/c1-16(15-22-17(2)18-9-7-6-8-10-18)23-20-13-11-19(12-14-20)21(3,4)5/h6-14,16-17,22H,15H2,1-5H3. The molecule has 0 fully saturated rings. The van der Waals surface area contributed by atoms with Crippen molar-refractivity contribution in [2.75, 3.05) is 6.54 Å². The molecule has 2 nitrogen and oxygen atoms in total. The van der Waals surface area contributed by atoms with Gasteiger partial charge in [0.25, 0.3) is 0 Å². The Labute approximate surface area is 140 Å². The maximum atomic E-state index is 6.01. The molecule has 2 aromatic rings. The topological polar surface area (TPSA) is 21.3 Å². The summed E-state index contributed by atoms with van der Waals surface area (Å²) >= 11 is 0. The molecule has 23 heavy (non-hydrogen) atoms. The molecule has 0 bridgehead atoms. The van der Waals surface area contributed by atoms with E-state index in [9.17, 15) is 0 Å². The van der Waals surface area contributed by atoms with Crippen LogP contribution in [0.5, 0.6) is 5.75 Å². The molecule has 0 amide bonds. The van der Waals surface area contributed by atoms with E-state index in [0.29, 0.717) is 6.04 Å². The molecule has 0 aliphatic carbocycles. The average Bonchev–Trinajstić information content (AvgIpc) is 2.53. The fourth-order valence-corrected chi connectivity index (χ4v) is 2.51. The highest BCUT2D eigenvalue weighted by atomic mass is 16.5. The molecule has 2 heteroatoms. The predicted octanol–water partition coefficient (Wildman–Crippen LogP) is 5.10. The summed E-state index contributed by atoms with van der Waals surface area (Å²) in [5.74, 6) is 0.930. The predicted molar refractivity (Wildman–Crippen MR) is 98.1 cm³/mol. The first-order valence-electron chi connectivity index (χ1n) is 8.42. The molecule has 0 saturated heterocycles. The van der Waals surface area contributed by atoms with Crippen molar-refractivity contribution in [1.82, 2.24) is 5.32 Å². The first-order chi connectivity index (χ1) is 10.9. The summed E-state index contributed by atoms with van der Waals surface area (Å²) < 4.78 is 6.01. The van der Waals surface area contributed by atoms with Crippen LogP contribution in [0.4, 0.5) is 0 Å². The van der Waals surface area contributed by atoms with Crippen LogP contribution in [-0.4, -0.2) is 12.6 Å². The van der Waals surface area contributed by atoms with Crippen LogP contribution in [0.2, 0.25) is 0 Å². The Balaban J connectivity index is 1.84. The van der Waals surface area contributed by atoms with Gasteiger partial charge in [-0.3, -0.25) is 0 Å². The van der Waals surface area contributed by atoms with Gasteiger partial charge in [-0.1, -0.05) is 63.2 Å². The zero-order valence-corrected chi connectivity index (χ0v) is 15.0. The minimum Gasteiger partial charge on any atom is -0.489 e. The van der Waals surface area contributed by atoms with E-state index in [-0.39, 0.29) is 11.5 Å². The molecule has 0 aliphatic rings. The van der Waals surface area contributed by atoms with Gasteiger partial charge in [0, 0.05) is 12.6 Å². The summed E-state index contributed by atoms with van der Waals surface area (Å²) in [7, 11) is 0. The van der Waals surface area contributed by atoms with Gasteiger partial charge in [-0.25, -0.2) is 0 Å². The average molecular weight is 311 g/mol. The molecule has 1 N–H and O–H groups in total. The maximum Gasteiger partial charge on any atom is 0.119 e. The highest BCUT2D eigenvalue weighted by Gasteiger charge is 2.14. The maximum absolute atomic E-state index is 6.01. The highest BCUT2D eigenvalue weighted by molar-refractivity contribution is 5.31. The Morgan fingerprint density at radius 1 is 0.913 bits per heavy atom. The Morgan fingerprint density at radius 3 is 2.09 bits per heavy atom. The lowest BCUT2D eigenvalue weighted by Crippen LogP contribution is -2.30. The van der Waals surface area contributed by atoms with E-state index in [4.69, 9.17) is 4.74 Å². The zero-order chi connectivity index (χ0) is 16.9. The lowest BCUT2D eigenvalue weighted by Gasteiger charge is -2.21. The second-order valence-electron chi connectivity index (χ2n) is 7.24. The Kier molecular flexibility index (Phi) is 5.84. The van der Waals surface area contributed by atoms with Crippen molar-refractivity contribution in [3.8, 4) is 5.75 Å². The van der Waals surface area contributed by atoms with Gasteiger partial charge in [0.2, 0.25) is 0 Å². The second-order valence-corrected chi connectivity index (χ2v) is 7.24. The van der Waals surface area contributed by atoms with Crippen LogP contribution in [0.25, 0.3) is 0 Å². The third-order valence-electron chi connectivity index (χ3n) is 4.07. The second kappa shape index (κ2) is 7.65. The first kappa shape index (κ1) is 17.6. The number of hydrogen-bond acceptors (Lipinski definition) is 2. The van der Waals surface area contributed by atoms with Crippen LogP contribution >= 0.6 is 0 Å². The largest absolute Gasteiger partial charge is 0.489 e. The number of benzene rings is 2. The van der Waals surface area contributed by atoms with Crippen LogP contribution < -0.4 is 10.1 Å². The Bertz CT molecular complexity index is 583. The highest BCUT2D eigenvalue weighted by Crippen LogP contribution is 2.24. The van der Waals surface area contributed by atoms with E-state index < -0.39 is 0 Å². The minimum atomic E-state index is 0.127. The van der Waals surface area contributed by atoms with E-state index in [0.717, 1.165) is 12.3 Å². The van der Waals surface area contributed by atoms with Crippen LogP contribution in [0.1, 0.15) is 51.8 Å². The third-order valence-corrected chi connectivity index (χ3v) is 4.07. The molecule has 0 heterocycles. The molecule has 0 radical (unpaired) electrons. The van der Waals surface area contributed by atoms with Gasteiger partial charge in [0.05, 0.1) is 0 Å². The molecule has 0 aliphatic heterocycles. The fourth-order valence-electron chi connectivity index (χ4n) is 2.51. The Hall–Kier alpha value is -1.80. The van der Waals surface area contributed by atoms with E-state index in [1.54, 1.807) is 0 Å². The van der Waals surface area contributed by atoms with Crippen molar-refractivity contribution < 1.29 is 4.74 Å². The van der Waals surface area contributed by atoms with E-state index in [2.05, 4.69) is 88.5 Å². The van der Waals surface area contributed by atoms with Crippen molar-refractivity contribution in [3.05, 3.63) is 65.7 Å². The molecule has 2 atom stereocenters. The lowest BCUT2D eigenvalue weighted by molar-refractivity contribution is 0.212. The summed E-state index contributed by atoms with van der Waals surface area (Å²) in [5.41, 5.74) is 2.80. The van der Waals surface area contributed by atoms with Crippen LogP contribution in [-0.2, 0) is 5.41 Å². The van der Waals surface area contributed by atoms with Crippen LogP contribution in [0, 0.1) is 0 Å². The molecule has 124 valence electrons. The van der Waals surface area contributed by atoms with Gasteiger partial charge >= 0.3 is 0 Å². The van der Waals surface area contributed by atoms with Crippen molar-refractivity contribution >= 4 is 0 Å². The summed E-state index contributed by atoms with van der Waals surface area (Å²) in [6.45, 7) is 11.8.